The Bertz CT molecular complexity index is 413. The molecule has 0 aliphatic heterocycles. The first kappa shape index (κ1) is 14.9. The lowest BCUT2D eigenvalue weighted by Crippen LogP contribution is -2.11. The van der Waals surface area contributed by atoms with Gasteiger partial charge in [-0.05, 0) is 35.6 Å². The van der Waals surface area contributed by atoms with E-state index in [1.54, 1.807) is 0 Å². The Hall–Kier alpha value is -1.46. The highest BCUT2D eigenvalue weighted by atomic mass is 16.4. The van der Waals surface area contributed by atoms with Crippen molar-refractivity contribution in [3.05, 3.63) is 5.82 Å². The van der Waals surface area contributed by atoms with Crippen LogP contribution in [0, 0.1) is 5.92 Å². The third-order valence-corrected chi connectivity index (χ3v) is 4.12. The molecule has 1 aromatic rings. The lowest BCUT2D eigenvalue weighted by molar-refractivity contribution is -0.137. The number of unbranched alkanes of at least 4 members (excludes halogenated alkanes) is 1. The van der Waals surface area contributed by atoms with Gasteiger partial charge in [0.05, 0.1) is 0 Å². The first-order valence-corrected chi connectivity index (χ1v) is 7.72. The molecule has 6 nitrogen and oxygen atoms in total. The summed E-state index contributed by atoms with van der Waals surface area (Å²) in [5.74, 6) is 1.05. The van der Waals surface area contributed by atoms with Gasteiger partial charge in [-0.2, -0.15) is 0 Å². The van der Waals surface area contributed by atoms with Crippen LogP contribution in [-0.4, -0.2) is 31.3 Å². The zero-order valence-corrected chi connectivity index (χ0v) is 12.0. The maximum atomic E-state index is 10.5. The number of carbonyl (C=O) groups is 1. The molecule has 1 aliphatic rings. The molecule has 1 fully saturated rings. The molecular weight excluding hydrogens is 256 g/mol. The third-order valence-electron chi connectivity index (χ3n) is 4.12. The number of aromatic nitrogens is 4. The molecule has 0 spiro atoms. The molecule has 0 unspecified atom stereocenters. The lowest BCUT2D eigenvalue weighted by atomic mass is 9.86. The van der Waals surface area contributed by atoms with Gasteiger partial charge in [0, 0.05) is 19.4 Å². The molecule has 6 heteroatoms. The zero-order chi connectivity index (χ0) is 14.2. The Morgan fingerprint density at radius 3 is 2.80 bits per heavy atom. The van der Waals surface area contributed by atoms with Gasteiger partial charge in [-0.25, -0.2) is 4.68 Å². The maximum Gasteiger partial charge on any atom is 0.303 e. The number of hydrogen-bond acceptors (Lipinski definition) is 4. The summed E-state index contributed by atoms with van der Waals surface area (Å²) < 4.78 is 1.84. The Balaban J connectivity index is 1.71. The second-order valence-corrected chi connectivity index (χ2v) is 5.71. The van der Waals surface area contributed by atoms with Gasteiger partial charge in [0.15, 0.2) is 5.82 Å². The standard InChI is InChI=1S/C14H24N4O2/c19-14(20)8-4-5-11-18-13(15-16-17-18)10-9-12-6-2-1-3-7-12/h12H,1-11H2,(H,19,20). The average molecular weight is 280 g/mol. The molecule has 0 bridgehead atoms. The van der Waals surface area contributed by atoms with Crippen LogP contribution in [0.4, 0.5) is 0 Å². The number of aryl methyl sites for hydroxylation is 2. The first-order valence-electron chi connectivity index (χ1n) is 7.72. The van der Waals surface area contributed by atoms with E-state index in [2.05, 4.69) is 15.5 Å². The number of hydrogen-bond donors (Lipinski definition) is 1. The van der Waals surface area contributed by atoms with Gasteiger partial charge in [-0.15, -0.1) is 5.10 Å². The van der Waals surface area contributed by atoms with E-state index in [-0.39, 0.29) is 6.42 Å². The molecule has 0 saturated heterocycles. The van der Waals surface area contributed by atoms with Crippen molar-refractivity contribution >= 4 is 5.97 Å². The molecule has 1 aliphatic carbocycles. The summed E-state index contributed by atoms with van der Waals surface area (Å²) in [7, 11) is 0. The highest BCUT2D eigenvalue weighted by Crippen LogP contribution is 2.27. The molecule has 0 atom stereocenters. The van der Waals surface area contributed by atoms with Crippen LogP contribution in [0.3, 0.4) is 0 Å². The predicted octanol–water partition coefficient (Wildman–Crippen LogP) is 2.44. The van der Waals surface area contributed by atoms with Gasteiger partial charge in [-0.3, -0.25) is 4.79 Å². The minimum atomic E-state index is -0.737. The molecule has 1 heterocycles. The van der Waals surface area contributed by atoms with Gasteiger partial charge in [0.25, 0.3) is 0 Å². The number of tetrazole rings is 1. The molecule has 0 amide bonds. The smallest absolute Gasteiger partial charge is 0.303 e. The Morgan fingerprint density at radius 1 is 1.25 bits per heavy atom. The van der Waals surface area contributed by atoms with Gasteiger partial charge in [0.2, 0.25) is 0 Å². The lowest BCUT2D eigenvalue weighted by Gasteiger charge is -2.20. The normalized spacial score (nSPS) is 16.4. The van der Waals surface area contributed by atoms with Crippen molar-refractivity contribution in [2.45, 2.75) is 70.8 Å². The van der Waals surface area contributed by atoms with Crippen molar-refractivity contribution in [2.24, 2.45) is 5.92 Å². The number of aliphatic carboxylic acids is 1. The van der Waals surface area contributed by atoms with Crippen molar-refractivity contribution in [2.75, 3.05) is 0 Å². The average Bonchev–Trinajstić information content (AvgIpc) is 2.90. The van der Waals surface area contributed by atoms with Crippen LogP contribution in [0.2, 0.25) is 0 Å². The molecule has 1 aromatic heterocycles. The highest BCUT2D eigenvalue weighted by molar-refractivity contribution is 5.66. The first-order chi connectivity index (χ1) is 9.75. The highest BCUT2D eigenvalue weighted by Gasteiger charge is 2.15. The van der Waals surface area contributed by atoms with E-state index in [0.29, 0.717) is 6.42 Å². The zero-order valence-electron chi connectivity index (χ0n) is 12.0. The fraction of sp³-hybridized carbons (Fsp3) is 0.857. The van der Waals surface area contributed by atoms with Crippen molar-refractivity contribution in [3.8, 4) is 0 Å². The number of carboxylic acid groups (broad SMARTS) is 1. The summed E-state index contributed by atoms with van der Waals surface area (Å²) in [6.45, 7) is 0.722. The SMILES string of the molecule is O=C(O)CCCCn1nnnc1CCC1CCCCC1. The summed E-state index contributed by atoms with van der Waals surface area (Å²) in [5, 5.41) is 20.5. The van der Waals surface area contributed by atoms with Gasteiger partial charge >= 0.3 is 5.97 Å². The second-order valence-electron chi connectivity index (χ2n) is 5.71. The number of nitrogens with zero attached hydrogens (tertiary/aromatic N) is 4. The Kier molecular flexibility index (Phi) is 5.95. The van der Waals surface area contributed by atoms with Crippen molar-refractivity contribution in [1.29, 1.82) is 0 Å². The van der Waals surface area contributed by atoms with E-state index in [4.69, 9.17) is 5.11 Å². The van der Waals surface area contributed by atoms with Gasteiger partial charge in [-0.1, -0.05) is 32.1 Å². The molecule has 0 aromatic carbocycles. The van der Waals surface area contributed by atoms with Crippen LogP contribution in [-0.2, 0) is 17.8 Å². The summed E-state index contributed by atoms with van der Waals surface area (Å²) in [6, 6.07) is 0. The topological polar surface area (TPSA) is 80.9 Å². The molecule has 112 valence electrons. The Labute approximate surface area is 119 Å². The van der Waals surface area contributed by atoms with Crippen molar-refractivity contribution in [3.63, 3.8) is 0 Å². The van der Waals surface area contributed by atoms with Crippen LogP contribution in [0.25, 0.3) is 0 Å². The fourth-order valence-corrected chi connectivity index (χ4v) is 2.92. The quantitative estimate of drug-likeness (QED) is 0.740. The van der Waals surface area contributed by atoms with E-state index >= 15 is 0 Å². The fourth-order valence-electron chi connectivity index (χ4n) is 2.92. The molecule has 20 heavy (non-hydrogen) atoms. The van der Waals surface area contributed by atoms with E-state index < -0.39 is 5.97 Å². The number of rotatable bonds is 8. The van der Waals surface area contributed by atoms with Crippen LogP contribution in [0.15, 0.2) is 0 Å². The van der Waals surface area contributed by atoms with Crippen LogP contribution < -0.4 is 0 Å². The molecule has 2 rings (SSSR count). The Morgan fingerprint density at radius 2 is 2.05 bits per heavy atom. The summed E-state index contributed by atoms with van der Waals surface area (Å²) in [6.07, 6.45) is 10.6. The van der Waals surface area contributed by atoms with Gasteiger partial charge in [0.1, 0.15) is 0 Å². The third kappa shape index (κ3) is 4.90. The van der Waals surface area contributed by atoms with Crippen molar-refractivity contribution < 1.29 is 9.90 Å². The maximum absolute atomic E-state index is 10.5. The summed E-state index contributed by atoms with van der Waals surface area (Å²) in [5.41, 5.74) is 0. The van der Waals surface area contributed by atoms with E-state index in [9.17, 15) is 4.79 Å². The molecular formula is C14H24N4O2. The molecule has 1 saturated carbocycles. The van der Waals surface area contributed by atoms with E-state index in [0.717, 1.165) is 31.1 Å². The minimum absolute atomic E-state index is 0.222. The monoisotopic (exact) mass is 280 g/mol. The minimum Gasteiger partial charge on any atom is -0.481 e. The van der Waals surface area contributed by atoms with E-state index in [1.807, 2.05) is 4.68 Å². The van der Waals surface area contributed by atoms with Gasteiger partial charge < -0.3 is 5.11 Å². The summed E-state index contributed by atoms with van der Waals surface area (Å²) >= 11 is 0. The van der Waals surface area contributed by atoms with Crippen LogP contribution in [0.5, 0.6) is 0 Å². The molecule has 0 radical (unpaired) electrons. The summed E-state index contributed by atoms with van der Waals surface area (Å²) in [4.78, 5) is 10.5. The van der Waals surface area contributed by atoms with Crippen LogP contribution >= 0.6 is 0 Å². The van der Waals surface area contributed by atoms with Crippen molar-refractivity contribution in [1.82, 2.24) is 20.2 Å². The largest absolute Gasteiger partial charge is 0.481 e. The van der Waals surface area contributed by atoms with Crippen LogP contribution in [0.1, 0.15) is 63.6 Å². The molecule has 1 N–H and O–H groups in total. The predicted molar refractivity (Wildman–Crippen MR) is 74.2 cm³/mol. The second kappa shape index (κ2) is 7.97. The van der Waals surface area contributed by atoms with E-state index in [1.165, 1.54) is 38.5 Å². The number of carboxylic acids is 1.